The zero-order valence-electron chi connectivity index (χ0n) is 11.4. The number of carbonyl (C=O) groups excluding carboxylic acids is 1. The monoisotopic (exact) mass is 247 g/mol. The predicted molar refractivity (Wildman–Crippen MR) is 74.9 cm³/mol. The summed E-state index contributed by atoms with van der Waals surface area (Å²) in [6.45, 7) is 9.31. The maximum absolute atomic E-state index is 11.7. The van der Waals surface area contributed by atoms with Crippen LogP contribution in [0.5, 0.6) is 0 Å². The third kappa shape index (κ3) is 4.20. The number of amides is 1. The Morgan fingerprint density at radius 3 is 2.72 bits per heavy atom. The van der Waals surface area contributed by atoms with Crippen molar-refractivity contribution in [3.63, 3.8) is 0 Å². The average Bonchev–Trinajstić information content (AvgIpc) is 2.35. The van der Waals surface area contributed by atoms with Gasteiger partial charge in [-0.2, -0.15) is 0 Å². The summed E-state index contributed by atoms with van der Waals surface area (Å²) in [6, 6.07) is 3.64. The van der Waals surface area contributed by atoms with Crippen LogP contribution in [0.15, 0.2) is 30.5 Å². The maximum Gasteiger partial charge on any atom is 0.252 e. The fourth-order valence-electron chi connectivity index (χ4n) is 1.57. The van der Waals surface area contributed by atoms with E-state index in [2.05, 4.69) is 16.9 Å². The van der Waals surface area contributed by atoms with Crippen molar-refractivity contribution < 1.29 is 4.79 Å². The number of hydrogen-bond acceptors (Lipinski definition) is 3. The number of pyridine rings is 1. The summed E-state index contributed by atoms with van der Waals surface area (Å²) in [7, 11) is 1.95. The molecule has 0 fully saturated rings. The molecule has 0 saturated carbocycles. The van der Waals surface area contributed by atoms with Gasteiger partial charge < -0.3 is 10.2 Å². The highest BCUT2D eigenvalue weighted by Gasteiger charge is 2.07. The van der Waals surface area contributed by atoms with E-state index in [-0.39, 0.29) is 5.91 Å². The number of likely N-dealkylation sites (N-methyl/N-ethyl adjacent to an activating group) is 1. The second kappa shape index (κ2) is 6.79. The van der Waals surface area contributed by atoms with Crippen LogP contribution < -0.4 is 10.2 Å². The number of anilines is 1. The van der Waals surface area contributed by atoms with Gasteiger partial charge in [0.25, 0.3) is 5.91 Å². The van der Waals surface area contributed by atoms with Crippen molar-refractivity contribution in [2.45, 2.75) is 20.3 Å². The summed E-state index contributed by atoms with van der Waals surface area (Å²) in [5, 5.41) is 2.82. The SMILES string of the molecule is C=C(C)CN(C)c1ccc(C(=O)NCCC)cn1. The van der Waals surface area contributed by atoms with Crippen molar-refractivity contribution >= 4 is 11.7 Å². The summed E-state index contributed by atoms with van der Waals surface area (Å²) in [5.41, 5.74) is 1.67. The van der Waals surface area contributed by atoms with Gasteiger partial charge in [0.1, 0.15) is 5.82 Å². The van der Waals surface area contributed by atoms with Gasteiger partial charge in [-0.25, -0.2) is 4.98 Å². The van der Waals surface area contributed by atoms with Gasteiger partial charge in [-0.3, -0.25) is 4.79 Å². The number of rotatable bonds is 6. The Hall–Kier alpha value is -1.84. The molecule has 0 bridgehead atoms. The van der Waals surface area contributed by atoms with E-state index in [1.807, 2.05) is 31.9 Å². The van der Waals surface area contributed by atoms with Gasteiger partial charge in [-0.15, -0.1) is 0 Å². The van der Waals surface area contributed by atoms with Crippen molar-refractivity contribution in [3.8, 4) is 0 Å². The van der Waals surface area contributed by atoms with Crippen LogP contribution in [0.2, 0.25) is 0 Å². The van der Waals surface area contributed by atoms with Gasteiger partial charge in [0.05, 0.1) is 5.56 Å². The minimum absolute atomic E-state index is 0.0709. The Labute approximate surface area is 109 Å². The molecular formula is C14H21N3O. The number of aromatic nitrogens is 1. The third-order valence-corrected chi connectivity index (χ3v) is 2.44. The first-order chi connectivity index (χ1) is 8.54. The summed E-state index contributed by atoms with van der Waals surface area (Å²) in [4.78, 5) is 18.0. The molecule has 0 aliphatic rings. The lowest BCUT2D eigenvalue weighted by Crippen LogP contribution is -2.24. The first-order valence-electron chi connectivity index (χ1n) is 6.14. The molecule has 4 nitrogen and oxygen atoms in total. The van der Waals surface area contributed by atoms with Gasteiger partial charge >= 0.3 is 0 Å². The predicted octanol–water partition coefficient (Wildman–Crippen LogP) is 2.23. The van der Waals surface area contributed by atoms with E-state index in [1.54, 1.807) is 12.3 Å². The first-order valence-corrected chi connectivity index (χ1v) is 6.14. The van der Waals surface area contributed by atoms with Gasteiger partial charge in [0.15, 0.2) is 0 Å². The third-order valence-electron chi connectivity index (χ3n) is 2.44. The van der Waals surface area contributed by atoms with Crippen LogP contribution in [0.25, 0.3) is 0 Å². The maximum atomic E-state index is 11.7. The highest BCUT2D eigenvalue weighted by Crippen LogP contribution is 2.10. The molecule has 1 N–H and O–H groups in total. The highest BCUT2D eigenvalue weighted by atomic mass is 16.1. The summed E-state index contributed by atoms with van der Waals surface area (Å²) >= 11 is 0. The van der Waals surface area contributed by atoms with E-state index in [0.29, 0.717) is 12.1 Å². The molecule has 0 aliphatic carbocycles. The van der Waals surface area contributed by atoms with Crippen LogP contribution in [0, 0.1) is 0 Å². The van der Waals surface area contributed by atoms with Crippen LogP contribution in [0.3, 0.4) is 0 Å². The molecule has 1 rings (SSSR count). The van der Waals surface area contributed by atoms with Crippen molar-refractivity contribution in [1.29, 1.82) is 0 Å². The van der Waals surface area contributed by atoms with Gasteiger partial charge in [-0.1, -0.05) is 19.1 Å². The molecule has 0 radical (unpaired) electrons. The van der Waals surface area contributed by atoms with Gasteiger partial charge in [-0.05, 0) is 25.5 Å². The van der Waals surface area contributed by atoms with Crippen molar-refractivity contribution in [2.24, 2.45) is 0 Å². The Balaban J connectivity index is 2.67. The molecule has 1 amide bonds. The molecule has 1 aromatic heterocycles. The number of nitrogens with one attached hydrogen (secondary N) is 1. The number of carbonyl (C=O) groups is 1. The van der Waals surface area contributed by atoms with Gasteiger partial charge in [0, 0.05) is 26.3 Å². The van der Waals surface area contributed by atoms with Crippen LogP contribution in [0.1, 0.15) is 30.6 Å². The minimum atomic E-state index is -0.0709. The fourth-order valence-corrected chi connectivity index (χ4v) is 1.57. The molecule has 0 spiro atoms. The lowest BCUT2D eigenvalue weighted by molar-refractivity contribution is 0.0953. The van der Waals surface area contributed by atoms with E-state index in [4.69, 9.17) is 0 Å². The quantitative estimate of drug-likeness (QED) is 0.784. The average molecular weight is 247 g/mol. The molecule has 0 atom stereocenters. The molecule has 18 heavy (non-hydrogen) atoms. The topological polar surface area (TPSA) is 45.2 Å². The van der Waals surface area contributed by atoms with Crippen molar-refractivity contribution in [3.05, 3.63) is 36.0 Å². The Kier molecular flexibility index (Phi) is 5.36. The Bertz CT molecular complexity index is 412. The van der Waals surface area contributed by atoms with Crippen LogP contribution in [0.4, 0.5) is 5.82 Å². The molecule has 98 valence electrons. The van der Waals surface area contributed by atoms with Gasteiger partial charge in [0.2, 0.25) is 0 Å². The van der Waals surface area contributed by atoms with E-state index < -0.39 is 0 Å². The summed E-state index contributed by atoms with van der Waals surface area (Å²) < 4.78 is 0. The number of nitrogens with zero attached hydrogens (tertiary/aromatic N) is 2. The molecule has 0 aromatic carbocycles. The molecule has 0 aliphatic heterocycles. The van der Waals surface area contributed by atoms with Crippen LogP contribution in [-0.2, 0) is 0 Å². The lowest BCUT2D eigenvalue weighted by atomic mass is 10.2. The van der Waals surface area contributed by atoms with Crippen LogP contribution >= 0.6 is 0 Å². The number of hydrogen-bond donors (Lipinski definition) is 1. The molecule has 0 unspecified atom stereocenters. The zero-order chi connectivity index (χ0) is 13.5. The molecule has 4 heteroatoms. The largest absolute Gasteiger partial charge is 0.356 e. The van der Waals surface area contributed by atoms with Crippen molar-refractivity contribution in [1.82, 2.24) is 10.3 Å². The first kappa shape index (κ1) is 14.2. The molecule has 0 saturated heterocycles. The molecule has 1 aromatic rings. The van der Waals surface area contributed by atoms with E-state index in [1.165, 1.54) is 0 Å². The standard InChI is InChI=1S/C14H21N3O/c1-5-8-15-14(18)12-6-7-13(16-9-12)17(4)10-11(2)3/h6-7,9H,2,5,8,10H2,1,3-4H3,(H,15,18). The summed E-state index contributed by atoms with van der Waals surface area (Å²) in [6.07, 6.45) is 2.54. The van der Waals surface area contributed by atoms with E-state index in [0.717, 1.165) is 24.4 Å². The second-order valence-corrected chi connectivity index (χ2v) is 4.47. The van der Waals surface area contributed by atoms with Crippen LogP contribution in [-0.4, -0.2) is 31.0 Å². The smallest absolute Gasteiger partial charge is 0.252 e. The fraction of sp³-hybridized carbons (Fsp3) is 0.429. The second-order valence-electron chi connectivity index (χ2n) is 4.47. The Morgan fingerprint density at radius 2 is 2.22 bits per heavy atom. The minimum Gasteiger partial charge on any atom is -0.356 e. The zero-order valence-corrected chi connectivity index (χ0v) is 11.4. The highest BCUT2D eigenvalue weighted by molar-refractivity contribution is 5.94. The van der Waals surface area contributed by atoms with E-state index >= 15 is 0 Å². The summed E-state index contributed by atoms with van der Waals surface area (Å²) in [5.74, 6) is 0.767. The van der Waals surface area contributed by atoms with E-state index in [9.17, 15) is 4.79 Å². The molecule has 1 heterocycles. The Morgan fingerprint density at radius 1 is 1.50 bits per heavy atom. The molecular weight excluding hydrogens is 226 g/mol. The lowest BCUT2D eigenvalue weighted by Gasteiger charge is -2.18. The van der Waals surface area contributed by atoms with Crippen molar-refractivity contribution in [2.75, 3.05) is 25.0 Å². The normalized spacial score (nSPS) is 9.94.